The van der Waals surface area contributed by atoms with Crippen molar-refractivity contribution in [1.82, 2.24) is 31.9 Å². The number of carbonyl (C=O) groups excluding carboxylic acids is 7. The molecule has 1 heterocycles. The molecule has 18 nitrogen and oxygen atoms in total. The van der Waals surface area contributed by atoms with E-state index in [0.29, 0.717) is 18.5 Å². The van der Waals surface area contributed by atoms with Gasteiger partial charge in [0.15, 0.2) is 5.96 Å². The molecule has 0 bridgehead atoms. The molecule has 1 fully saturated rings. The van der Waals surface area contributed by atoms with Crippen LogP contribution in [-0.4, -0.2) is 96.7 Å². The van der Waals surface area contributed by atoms with E-state index >= 15 is 0 Å². The summed E-state index contributed by atoms with van der Waals surface area (Å²) in [5.41, 5.74) is 23.4. The van der Waals surface area contributed by atoms with Crippen LogP contribution in [0.4, 0.5) is 0 Å². The molecule has 0 aromatic heterocycles. The number of amides is 7. The van der Waals surface area contributed by atoms with Gasteiger partial charge in [0.2, 0.25) is 41.4 Å². The lowest BCUT2D eigenvalue weighted by atomic mass is 9.99. The maximum absolute atomic E-state index is 14.1. The summed E-state index contributed by atoms with van der Waals surface area (Å²) in [6, 6.07) is 11.1. The van der Waals surface area contributed by atoms with E-state index < -0.39 is 84.0 Å². The third kappa shape index (κ3) is 16.3. The highest BCUT2D eigenvalue weighted by Gasteiger charge is 2.34. The Kier molecular flexibility index (Phi) is 18.4. The fourth-order valence-corrected chi connectivity index (χ4v) is 6.29. The molecule has 1 aliphatic heterocycles. The number of hydrogen-bond donors (Lipinski definition) is 10. The number of nitrogens with zero attached hydrogens (tertiary/aromatic N) is 1. The van der Waals surface area contributed by atoms with Crippen molar-refractivity contribution in [3.05, 3.63) is 71.8 Å². The quantitative estimate of drug-likeness (QED) is 0.0339. The first-order valence-corrected chi connectivity index (χ1v) is 19.1. The largest absolute Gasteiger partial charge is 0.370 e. The average Bonchev–Trinajstić information content (AvgIpc) is 3.71. The molecule has 0 spiro atoms. The average molecular weight is 792 g/mol. The summed E-state index contributed by atoms with van der Waals surface area (Å²) in [7, 11) is 0. The van der Waals surface area contributed by atoms with Crippen LogP contribution in [0.1, 0.15) is 63.5 Å². The molecule has 14 N–H and O–H groups in total. The van der Waals surface area contributed by atoms with Gasteiger partial charge in [-0.25, -0.2) is 0 Å². The topological polar surface area (TPSA) is 308 Å². The van der Waals surface area contributed by atoms with E-state index in [1.54, 1.807) is 54.6 Å². The van der Waals surface area contributed by atoms with Gasteiger partial charge in [-0.15, -0.1) is 0 Å². The zero-order valence-corrected chi connectivity index (χ0v) is 32.5. The van der Waals surface area contributed by atoms with Crippen molar-refractivity contribution < 1.29 is 33.6 Å². The van der Waals surface area contributed by atoms with Gasteiger partial charge >= 0.3 is 0 Å². The summed E-state index contributed by atoms with van der Waals surface area (Å²) < 4.78 is 0. The zero-order chi connectivity index (χ0) is 41.9. The number of hydrogen-bond acceptors (Lipinski definition) is 9. The fourth-order valence-electron chi connectivity index (χ4n) is 6.29. The maximum Gasteiger partial charge on any atom is 0.243 e. The van der Waals surface area contributed by atoms with Crippen LogP contribution in [0.3, 0.4) is 0 Å². The molecule has 2 aromatic rings. The molecule has 0 unspecified atom stereocenters. The zero-order valence-electron chi connectivity index (χ0n) is 32.5. The summed E-state index contributed by atoms with van der Waals surface area (Å²) in [6.07, 6.45) is 1.36. The molecule has 18 heteroatoms. The summed E-state index contributed by atoms with van der Waals surface area (Å²) in [5, 5.41) is 16.4. The van der Waals surface area contributed by atoms with Crippen LogP contribution < -0.4 is 54.8 Å². The number of primary amides is 2. The minimum absolute atomic E-state index is 0.0123. The molecule has 3 rings (SSSR count). The Morgan fingerprint density at radius 3 is 1.72 bits per heavy atom. The molecule has 57 heavy (non-hydrogen) atoms. The highest BCUT2D eigenvalue weighted by atomic mass is 16.2. The Labute approximate surface area is 332 Å². The van der Waals surface area contributed by atoms with E-state index in [1.165, 1.54) is 0 Å². The highest BCUT2D eigenvalue weighted by Crippen LogP contribution is 2.12. The maximum atomic E-state index is 14.1. The number of nitrogens with two attached hydrogens (primary N) is 4. The normalized spacial score (nSPS) is 16.2. The first-order valence-electron chi connectivity index (χ1n) is 19.1. The van der Waals surface area contributed by atoms with Crippen LogP contribution in [-0.2, 0) is 46.4 Å². The Bertz CT molecular complexity index is 1700. The summed E-state index contributed by atoms with van der Waals surface area (Å²) in [6.45, 7) is 4.45. The van der Waals surface area contributed by atoms with Gasteiger partial charge in [0.25, 0.3) is 0 Å². The van der Waals surface area contributed by atoms with E-state index in [0.717, 1.165) is 12.0 Å². The van der Waals surface area contributed by atoms with Crippen LogP contribution in [0.5, 0.6) is 0 Å². The molecule has 6 atom stereocenters. The van der Waals surface area contributed by atoms with Crippen LogP contribution >= 0.6 is 0 Å². The van der Waals surface area contributed by atoms with Crippen molar-refractivity contribution in [1.29, 1.82) is 0 Å². The van der Waals surface area contributed by atoms with Crippen LogP contribution in [0.15, 0.2) is 65.7 Å². The molecule has 1 saturated heterocycles. The lowest BCUT2D eigenvalue weighted by molar-refractivity contribution is -0.135. The summed E-state index contributed by atoms with van der Waals surface area (Å²) in [4.78, 5) is 96.6. The number of guanidine groups is 1. The molecule has 2 aromatic carbocycles. The smallest absolute Gasteiger partial charge is 0.243 e. The Balaban J connectivity index is 1.85. The van der Waals surface area contributed by atoms with Crippen molar-refractivity contribution in [2.75, 3.05) is 13.1 Å². The van der Waals surface area contributed by atoms with Gasteiger partial charge in [-0.05, 0) is 55.7 Å². The third-order valence-electron chi connectivity index (χ3n) is 9.19. The second kappa shape index (κ2) is 23.1. The van der Waals surface area contributed by atoms with Gasteiger partial charge in [0, 0.05) is 19.4 Å². The molecule has 7 amide bonds. The van der Waals surface area contributed by atoms with Crippen LogP contribution in [0, 0.1) is 5.92 Å². The van der Waals surface area contributed by atoms with E-state index in [1.807, 2.05) is 19.9 Å². The van der Waals surface area contributed by atoms with E-state index in [4.69, 9.17) is 22.9 Å². The molecule has 310 valence electrons. The Hall–Kier alpha value is -6.04. The summed E-state index contributed by atoms with van der Waals surface area (Å²) >= 11 is 0. The first-order chi connectivity index (χ1) is 27.1. The van der Waals surface area contributed by atoms with Crippen molar-refractivity contribution >= 4 is 47.3 Å². The molecule has 0 radical (unpaired) electrons. The third-order valence-corrected chi connectivity index (χ3v) is 9.19. The molecule has 1 aliphatic rings. The number of nitrogens with one attached hydrogen (secondary N) is 6. The number of carbonyl (C=O) groups is 7. The lowest BCUT2D eigenvalue weighted by Crippen LogP contribution is -2.60. The Morgan fingerprint density at radius 1 is 0.684 bits per heavy atom. The van der Waals surface area contributed by atoms with E-state index in [9.17, 15) is 33.6 Å². The number of aliphatic imine (C=N–C) groups is 1. The van der Waals surface area contributed by atoms with Gasteiger partial charge in [-0.2, -0.15) is 0 Å². The minimum atomic E-state index is -1.37. The molecular weight excluding hydrogens is 734 g/mol. The molecule has 0 saturated carbocycles. The predicted octanol–water partition coefficient (Wildman–Crippen LogP) is -1.89. The van der Waals surface area contributed by atoms with Crippen molar-refractivity contribution in [2.24, 2.45) is 33.8 Å². The minimum Gasteiger partial charge on any atom is -0.370 e. The Morgan fingerprint density at radius 2 is 1.19 bits per heavy atom. The van der Waals surface area contributed by atoms with Gasteiger partial charge in [0.05, 0.1) is 12.5 Å². The predicted molar refractivity (Wildman–Crippen MR) is 213 cm³/mol. The van der Waals surface area contributed by atoms with Crippen molar-refractivity contribution in [3.63, 3.8) is 0 Å². The lowest BCUT2D eigenvalue weighted by Gasteiger charge is -2.28. The van der Waals surface area contributed by atoms with Gasteiger partial charge in [-0.1, -0.05) is 74.5 Å². The van der Waals surface area contributed by atoms with E-state index in [2.05, 4.69) is 36.9 Å². The molecular formula is C39H57N11O7. The number of benzene rings is 2. The SMILES string of the molecule is CC(C)C[C@H](NC(=O)[C@H](Cc1ccccc1)NC(=O)[C@H](CC(N)=O)NC(=O)[C@@H]1CCCN1)C(=O)N[C@@H](CCCN=C(N)N)C(=O)N[C@@H](Cc1ccccc1)C(N)=O. The van der Waals surface area contributed by atoms with Crippen LogP contribution in [0.25, 0.3) is 0 Å². The fraction of sp³-hybridized carbons (Fsp3) is 0.487. The summed E-state index contributed by atoms with van der Waals surface area (Å²) in [5.74, 6) is -5.32. The van der Waals surface area contributed by atoms with Gasteiger partial charge in [0.1, 0.15) is 30.2 Å². The number of rotatable bonds is 23. The second-order valence-electron chi connectivity index (χ2n) is 14.5. The van der Waals surface area contributed by atoms with E-state index in [-0.39, 0.29) is 50.5 Å². The van der Waals surface area contributed by atoms with Gasteiger partial charge in [-0.3, -0.25) is 38.6 Å². The highest BCUT2D eigenvalue weighted by molar-refractivity contribution is 5.97. The van der Waals surface area contributed by atoms with Crippen molar-refractivity contribution in [2.45, 2.75) is 101 Å². The van der Waals surface area contributed by atoms with Gasteiger partial charge < -0.3 is 54.8 Å². The standard InChI is InChI=1S/C39H57N11O7/c1-23(2)19-29(36(55)46-27(16-10-18-45-39(42)43)35(54)47-28(33(41)52)20-24-11-5-3-6-12-24)48-37(56)30(21-25-13-7-4-8-14-25)49-38(57)31(22-32(40)51)50-34(53)26-15-9-17-44-26/h3-8,11-14,23,26-31,44H,9-10,15-22H2,1-2H3,(H2,40,51)(H2,41,52)(H,46,55)(H,47,54)(H,48,56)(H,49,57)(H,50,53)(H4,42,43,45)/t26-,27-,28-,29-,30-,31-/m0/s1. The second-order valence-corrected chi connectivity index (χ2v) is 14.5. The monoisotopic (exact) mass is 791 g/mol. The van der Waals surface area contributed by atoms with Crippen molar-refractivity contribution in [3.8, 4) is 0 Å². The first kappa shape index (κ1) is 45.4. The molecule has 0 aliphatic carbocycles. The van der Waals surface area contributed by atoms with Crippen LogP contribution in [0.2, 0.25) is 0 Å².